The first-order valence-corrected chi connectivity index (χ1v) is 6.63. The van der Waals surface area contributed by atoms with E-state index in [0.717, 1.165) is 6.07 Å². The molecule has 1 aromatic carbocycles. The van der Waals surface area contributed by atoms with E-state index in [9.17, 15) is 21.6 Å². The van der Waals surface area contributed by atoms with Crippen LogP contribution in [0.15, 0.2) is 23.1 Å². The molecule has 0 amide bonds. The molecule has 9 heteroatoms. The summed E-state index contributed by atoms with van der Waals surface area (Å²) in [6.45, 7) is -0.992. The fraction of sp³-hybridized carbons (Fsp3) is 0.333. The van der Waals surface area contributed by atoms with E-state index < -0.39 is 28.6 Å². The summed E-state index contributed by atoms with van der Waals surface area (Å²) in [6, 6.07) is 3.63. The van der Waals surface area contributed by atoms with Crippen LogP contribution in [-0.2, 0) is 14.6 Å². The normalized spacial score (nSPS) is 12.7. The smallest absolute Gasteiger partial charge is 0.398 e. The van der Waals surface area contributed by atoms with Crippen molar-refractivity contribution in [3.8, 4) is 0 Å². The molecule has 0 aliphatic rings. The lowest BCUT2D eigenvalue weighted by molar-refractivity contribution is -0.322. The van der Waals surface area contributed by atoms with E-state index in [1.165, 1.54) is 12.1 Å². The number of hydrogen-bond donors (Lipinski definition) is 1. The summed E-state index contributed by atoms with van der Waals surface area (Å²) in [5.41, 5.74) is 5.32. The van der Waals surface area contributed by atoms with E-state index in [2.05, 4.69) is 4.74 Å². The van der Waals surface area contributed by atoms with Crippen LogP contribution in [-0.4, -0.2) is 27.1 Å². The molecule has 0 aliphatic carbocycles. The van der Waals surface area contributed by atoms with Crippen molar-refractivity contribution in [2.45, 2.75) is 11.3 Å². The first-order chi connectivity index (χ1) is 8.12. The number of nitrogens with two attached hydrogens (primary N) is 1. The first kappa shape index (κ1) is 15.1. The Morgan fingerprint density at radius 1 is 1.33 bits per heavy atom. The Morgan fingerprint density at radius 2 is 1.94 bits per heavy atom. The van der Waals surface area contributed by atoms with Crippen LogP contribution < -0.4 is 5.73 Å². The average molecular weight is 304 g/mol. The van der Waals surface area contributed by atoms with E-state index in [0.29, 0.717) is 0 Å². The molecule has 0 atom stereocenters. The fourth-order valence-corrected chi connectivity index (χ4v) is 2.58. The van der Waals surface area contributed by atoms with Crippen LogP contribution in [0.2, 0.25) is 5.02 Å². The average Bonchev–Trinajstić information content (AvgIpc) is 2.13. The molecule has 0 spiro atoms. The Labute approximate surface area is 106 Å². The maximum Gasteiger partial charge on any atom is 0.522 e. The molecule has 0 radical (unpaired) electrons. The van der Waals surface area contributed by atoms with Gasteiger partial charge in [0.15, 0.2) is 9.84 Å². The highest BCUT2D eigenvalue weighted by Gasteiger charge is 2.30. The van der Waals surface area contributed by atoms with Gasteiger partial charge in [0.25, 0.3) is 0 Å². The number of nitrogen functional groups attached to an aromatic ring is 1. The summed E-state index contributed by atoms with van der Waals surface area (Å²) in [5, 5.41) is 0.234. The van der Waals surface area contributed by atoms with Gasteiger partial charge in [0.05, 0.1) is 22.9 Å². The number of rotatable bonds is 4. The lowest BCUT2D eigenvalue weighted by Crippen LogP contribution is -2.20. The van der Waals surface area contributed by atoms with Gasteiger partial charge < -0.3 is 5.73 Å². The third-order valence-corrected chi connectivity index (χ3v) is 3.91. The maximum absolute atomic E-state index is 11.7. The molecule has 0 aliphatic heterocycles. The topological polar surface area (TPSA) is 69.4 Å². The van der Waals surface area contributed by atoms with Gasteiger partial charge >= 0.3 is 6.36 Å². The first-order valence-electron chi connectivity index (χ1n) is 4.60. The van der Waals surface area contributed by atoms with Crippen LogP contribution in [0.5, 0.6) is 0 Å². The summed E-state index contributed by atoms with van der Waals surface area (Å²) in [6.07, 6.45) is -4.86. The van der Waals surface area contributed by atoms with Crippen molar-refractivity contribution in [1.29, 1.82) is 0 Å². The third kappa shape index (κ3) is 4.35. The second kappa shape index (κ2) is 5.33. The Hall–Kier alpha value is -0.990. The summed E-state index contributed by atoms with van der Waals surface area (Å²) in [4.78, 5) is -0.266. The number of ether oxygens (including phenoxy) is 1. The van der Waals surface area contributed by atoms with Gasteiger partial charge in [-0.15, -0.1) is 13.2 Å². The molecular weight excluding hydrogens is 295 g/mol. The largest absolute Gasteiger partial charge is 0.522 e. The Kier molecular flexibility index (Phi) is 4.46. The molecule has 0 aromatic heterocycles. The highest BCUT2D eigenvalue weighted by Crippen LogP contribution is 2.24. The van der Waals surface area contributed by atoms with E-state index in [-0.39, 0.29) is 15.6 Å². The Morgan fingerprint density at radius 3 is 2.44 bits per heavy atom. The lowest BCUT2D eigenvalue weighted by atomic mass is 10.3. The number of benzene rings is 1. The fourth-order valence-electron chi connectivity index (χ4n) is 1.18. The van der Waals surface area contributed by atoms with E-state index in [4.69, 9.17) is 17.3 Å². The summed E-state index contributed by atoms with van der Waals surface area (Å²) < 4.78 is 61.9. The zero-order valence-electron chi connectivity index (χ0n) is 8.87. The molecule has 0 fully saturated rings. The van der Waals surface area contributed by atoms with Gasteiger partial charge in [-0.1, -0.05) is 11.6 Å². The SMILES string of the molecule is Nc1cc(Cl)ccc1S(=O)(=O)CCOC(F)(F)F. The quantitative estimate of drug-likeness (QED) is 0.866. The second-order valence-corrected chi connectivity index (χ2v) is 5.81. The molecule has 102 valence electrons. The molecule has 0 heterocycles. The van der Waals surface area contributed by atoms with Crippen LogP contribution >= 0.6 is 11.6 Å². The number of hydrogen-bond acceptors (Lipinski definition) is 4. The highest BCUT2D eigenvalue weighted by atomic mass is 35.5. The predicted molar refractivity (Wildman–Crippen MR) is 59.9 cm³/mol. The van der Waals surface area contributed by atoms with Crippen molar-refractivity contribution in [1.82, 2.24) is 0 Å². The summed E-state index contributed by atoms with van der Waals surface area (Å²) >= 11 is 5.58. The van der Waals surface area contributed by atoms with Crippen molar-refractivity contribution in [2.75, 3.05) is 18.1 Å². The minimum absolute atomic E-state index is 0.116. The zero-order valence-corrected chi connectivity index (χ0v) is 10.4. The minimum atomic E-state index is -4.86. The number of halogens is 4. The molecule has 2 N–H and O–H groups in total. The van der Waals surface area contributed by atoms with Crippen molar-refractivity contribution < 1.29 is 26.3 Å². The molecule has 1 rings (SSSR count). The Balaban J connectivity index is 2.81. The van der Waals surface area contributed by atoms with E-state index in [1.54, 1.807) is 0 Å². The number of anilines is 1. The van der Waals surface area contributed by atoms with Crippen molar-refractivity contribution >= 4 is 27.1 Å². The van der Waals surface area contributed by atoms with Crippen LogP contribution in [0.4, 0.5) is 18.9 Å². The number of alkyl halides is 3. The molecule has 4 nitrogen and oxygen atoms in total. The molecule has 0 unspecified atom stereocenters. The van der Waals surface area contributed by atoms with E-state index >= 15 is 0 Å². The minimum Gasteiger partial charge on any atom is -0.398 e. The van der Waals surface area contributed by atoms with Crippen molar-refractivity contribution in [3.05, 3.63) is 23.2 Å². The highest BCUT2D eigenvalue weighted by molar-refractivity contribution is 7.91. The lowest BCUT2D eigenvalue weighted by Gasteiger charge is -2.09. The van der Waals surface area contributed by atoms with Gasteiger partial charge in [-0.2, -0.15) is 0 Å². The summed E-state index contributed by atoms with van der Waals surface area (Å²) in [7, 11) is -3.94. The summed E-state index contributed by atoms with van der Waals surface area (Å²) in [5.74, 6) is -0.821. The van der Waals surface area contributed by atoms with Crippen molar-refractivity contribution in [3.63, 3.8) is 0 Å². The van der Waals surface area contributed by atoms with Gasteiger partial charge in [0, 0.05) is 5.02 Å². The molecular formula is C9H9ClF3NO3S. The van der Waals surface area contributed by atoms with Gasteiger partial charge in [0.2, 0.25) is 0 Å². The van der Waals surface area contributed by atoms with Crippen LogP contribution in [0.3, 0.4) is 0 Å². The molecule has 0 saturated heterocycles. The van der Waals surface area contributed by atoms with Gasteiger partial charge in [-0.25, -0.2) is 8.42 Å². The Bertz CT molecular complexity index is 530. The zero-order chi connectivity index (χ0) is 14.0. The van der Waals surface area contributed by atoms with Crippen molar-refractivity contribution in [2.24, 2.45) is 0 Å². The van der Waals surface area contributed by atoms with E-state index in [1.807, 2.05) is 0 Å². The van der Waals surface area contributed by atoms with Gasteiger partial charge in [-0.3, -0.25) is 4.74 Å². The molecule has 0 saturated carbocycles. The third-order valence-electron chi connectivity index (χ3n) is 1.92. The predicted octanol–water partition coefficient (Wildman–Crippen LogP) is 2.23. The maximum atomic E-state index is 11.7. The van der Waals surface area contributed by atoms with Gasteiger partial charge in [0.1, 0.15) is 0 Å². The monoisotopic (exact) mass is 303 g/mol. The van der Waals surface area contributed by atoms with Gasteiger partial charge in [-0.05, 0) is 18.2 Å². The molecule has 1 aromatic rings. The molecule has 18 heavy (non-hydrogen) atoms. The van der Waals surface area contributed by atoms with Crippen LogP contribution in [0.25, 0.3) is 0 Å². The second-order valence-electron chi connectivity index (χ2n) is 3.30. The van der Waals surface area contributed by atoms with Crippen LogP contribution in [0, 0.1) is 0 Å². The molecule has 0 bridgehead atoms. The standard InChI is InChI=1S/C9H9ClF3NO3S/c10-6-1-2-8(7(14)5-6)18(15,16)4-3-17-9(11,12)13/h1-2,5H,3-4,14H2. The number of sulfone groups is 1. The van der Waals surface area contributed by atoms with Crippen LogP contribution in [0.1, 0.15) is 0 Å².